The van der Waals surface area contributed by atoms with E-state index in [0.717, 1.165) is 35.0 Å². The van der Waals surface area contributed by atoms with Gasteiger partial charge in [0, 0.05) is 13.1 Å². The molecule has 0 spiro atoms. The molecule has 1 N–H and O–H groups in total. The number of nitrogens with zero attached hydrogens (tertiary/aromatic N) is 1. The summed E-state index contributed by atoms with van der Waals surface area (Å²) in [7, 11) is 1.61. The average molecular weight is 505 g/mol. The second-order valence-corrected chi connectivity index (χ2v) is 8.45. The lowest BCUT2D eigenvalue weighted by Crippen LogP contribution is -2.49. The van der Waals surface area contributed by atoms with Crippen LogP contribution in [0.1, 0.15) is 44.7 Å². The number of unbranched alkanes of at least 4 members (excludes halogenated alkanes) is 1. The van der Waals surface area contributed by atoms with E-state index in [0.29, 0.717) is 18.8 Å². The lowest BCUT2D eigenvalue weighted by molar-refractivity contribution is -0.142. The molecule has 174 valence electrons. The molecule has 0 saturated carbocycles. The molecule has 0 saturated heterocycles. The topological polar surface area (TPSA) is 67.9 Å². The zero-order chi connectivity index (χ0) is 23.5. The van der Waals surface area contributed by atoms with Crippen molar-refractivity contribution in [3.05, 3.63) is 58.1 Å². The maximum Gasteiger partial charge on any atom is 0.261 e. The number of aryl methyl sites for hydroxylation is 1. The summed E-state index contributed by atoms with van der Waals surface area (Å²) in [4.78, 5) is 27.4. The Morgan fingerprint density at radius 3 is 2.38 bits per heavy atom. The van der Waals surface area contributed by atoms with Gasteiger partial charge in [-0.05, 0) is 71.1 Å². The quantitative estimate of drug-likeness (QED) is 0.424. The van der Waals surface area contributed by atoms with Gasteiger partial charge in [-0.15, -0.1) is 0 Å². The van der Waals surface area contributed by atoms with Crippen LogP contribution in [0.3, 0.4) is 0 Å². The molecule has 0 bridgehead atoms. The Kier molecular flexibility index (Phi) is 10.5. The van der Waals surface area contributed by atoms with Crippen molar-refractivity contribution in [3.63, 3.8) is 0 Å². The highest BCUT2D eigenvalue weighted by molar-refractivity contribution is 9.10. The van der Waals surface area contributed by atoms with Crippen molar-refractivity contribution in [1.29, 1.82) is 0 Å². The van der Waals surface area contributed by atoms with E-state index < -0.39 is 6.04 Å². The molecule has 32 heavy (non-hydrogen) atoms. The molecule has 7 heteroatoms. The van der Waals surface area contributed by atoms with Crippen LogP contribution < -0.4 is 14.8 Å². The number of hydrogen-bond donors (Lipinski definition) is 1. The van der Waals surface area contributed by atoms with Gasteiger partial charge in [-0.25, -0.2) is 0 Å². The molecule has 0 fully saturated rings. The zero-order valence-electron chi connectivity index (χ0n) is 19.3. The number of methoxy groups -OCH3 is 1. The summed E-state index contributed by atoms with van der Waals surface area (Å²) in [6, 6.07) is 12.6. The van der Waals surface area contributed by atoms with Gasteiger partial charge in [-0.1, -0.05) is 38.5 Å². The summed E-state index contributed by atoms with van der Waals surface area (Å²) in [5.41, 5.74) is 2.08. The van der Waals surface area contributed by atoms with Crippen molar-refractivity contribution in [2.24, 2.45) is 0 Å². The van der Waals surface area contributed by atoms with Crippen LogP contribution in [0.5, 0.6) is 11.5 Å². The Hall–Kier alpha value is -2.54. The van der Waals surface area contributed by atoms with Crippen molar-refractivity contribution in [2.75, 3.05) is 20.3 Å². The number of rotatable bonds is 12. The number of carbonyl (C=O) groups excluding carboxylic acids is 2. The van der Waals surface area contributed by atoms with E-state index in [9.17, 15) is 9.59 Å². The summed E-state index contributed by atoms with van der Waals surface area (Å²) < 4.78 is 11.8. The van der Waals surface area contributed by atoms with Gasteiger partial charge in [0.15, 0.2) is 6.61 Å². The standard InChI is InChI=1S/C25H33BrN2O4/c1-5-7-14-27-25(30)18(3)28(16-20-8-11-21(31-4)12-9-20)24(29)17-32-23-13-10-19(6-2)15-22(23)26/h8-13,15,18H,5-7,14,16-17H2,1-4H3,(H,27,30)/t18-/m0/s1. The van der Waals surface area contributed by atoms with E-state index >= 15 is 0 Å². The zero-order valence-corrected chi connectivity index (χ0v) is 20.9. The molecule has 2 rings (SSSR count). The van der Waals surface area contributed by atoms with Crippen molar-refractivity contribution in [3.8, 4) is 11.5 Å². The normalized spacial score (nSPS) is 11.5. The second-order valence-electron chi connectivity index (χ2n) is 7.60. The lowest BCUT2D eigenvalue weighted by atomic mass is 10.1. The fraction of sp³-hybridized carbons (Fsp3) is 0.440. The molecule has 6 nitrogen and oxygen atoms in total. The predicted molar refractivity (Wildman–Crippen MR) is 130 cm³/mol. The van der Waals surface area contributed by atoms with Gasteiger partial charge in [0.2, 0.25) is 5.91 Å². The van der Waals surface area contributed by atoms with E-state index in [1.807, 2.05) is 42.5 Å². The Labute approximate surface area is 199 Å². The molecule has 0 aliphatic heterocycles. The number of benzene rings is 2. The van der Waals surface area contributed by atoms with Crippen LogP contribution in [-0.2, 0) is 22.6 Å². The van der Waals surface area contributed by atoms with Crippen LogP contribution in [0.25, 0.3) is 0 Å². The molecule has 0 aliphatic carbocycles. The van der Waals surface area contributed by atoms with E-state index in [1.165, 1.54) is 5.56 Å². The fourth-order valence-corrected chi connectivity index (χ4v) is 3.69. The summed E-state index contributed by atoms with van der Waals surface area (Å²) in [5, 5.41) is 2.92. The SMILES string of the molecule is CCCCNC(=O)[C@H](C)N(Cc1ccc(OC)cc1)C(=O)COc1ccc(CC)cc1Br. The van der Waals surface area contributed by atoms with Crippen molar-refractivity contribution in [2.45, 2.75) is 52.6 Å². The molecule has 1 atom stereocenters. The van der Waals surface area contributed by atoms with Gasteiger partial charge in [-0.2, -0.15) is 0 Å². The first kappa shape index (κ1) is 25.7. The second kappa shape index (κ2) is 13.1. The first-order valence-corrected chi connectivity index (χ1v) is 11.8. The van der Waals surface area contributed by atoms with Gasteiger partial charge in [0.1, 0.15) is 17.5 Å². The fourth-order valence-electron chi connectivity index (χ4n) is 3.15. The number of halogens is 1. The van der Waals surface area contributed by atoms with Crippen LogP contribution in [0.15, 0.2) is 46.9 Å². The van der Waals surface area contributed by atoms with E-state index in [1.54, 1.807) is 18.9 Å². The van der Waals surface area contributed by atoms with Crippen LogP contribution in [0.4, 0.5) is 0 Å². The van der Waals surface area contributed by atoms with Crippen LogP contribution in [0.2, 0.25) is 0 Å². The summed E-state index contributed by atoms with van der Waals surface area (Å²) in [6.07, 6.45) is 2.80. The highest BCUT2D eigenvalue weighted by Gasteiger charge is 2.26. The van der Waals surface area contributed by atoms with Crippen molar-refractivity contribution in [1.82, 2.24) is 10.2 Å². The molecule has 2 aromatic carbocycles. The Bertz CT molecular complexity index is 886. The minimum absolute atomic E-state index is 0.160. The number of ether oxygens (including phenoxy) is 2. The molecule has 2 amide bonds. The molecule has 2 aromatic rings. The molecule has 0 aromatic heterocycles. The Morgan fingerprint density at radius 2 is 1.78 bits per heavy atom. The predicted octanol–water partition coefficient (Wildman–Crippen LogP) is 4.73. The highest BCUT2D eigenvalue weighted by Crippen LogP contribution is 2.26. The minimum atomic E-state index is -0.629. The van der Waals surface area contributed by atoms with Gasteiger partial charge in [0.25, 0.3) is 5.91 Å². The molecular weight excluding hydrogens is 472 g/mol. The third kappa shape index (κ3) is 7.55. The van der Waals surface area contributed by atoms with Crippen molar-refractivity contribution >= 4 is 27.7 Å². The highest BCUT2D eigenvalue weighted by atomic mass is 79.9. The summed E-state index contributed by atoms with van der Waals surface area (Å²) >= 11 is 3.50. The van der Waals surface area contributed by atoms with Gasteiger partial charge < -0.3 is 19.7 Å². The van der Waals surface area contributed by atoms with Crippen LogP contribution >= 0.6 is 15.9 Å². The third-order valence-corrected chi connectivity index (χ3v) is 5.88. The largest absolute Gasteiger partial charge is 0.497 e. The smallest absolute Gasteiger partial charge is 0.261 e. The van der Waals surface area contributed by atoms with Crippen molar-refractivity contribution < 1.29 is 19.1 Å². The van der Waals surface area contributed by atoms with E-state index in [4.69, 9.17) is 9.47 Å². The molecular formula is C25H33BrN2O4. The Balaban J connectivity index is 2.13. The molecule has 0 aliphatic rings. The van der Waals surface area contributed by atoms with Gasteiger partial charge in [-0.3, -0.25) is 9.59 Å². The first-order valence-electron chi connectivity index (χ1n) is 11.0. The van der Waals surface area contributed by atoms with Gasteiger partial charge in [0.05, 0.1) is 11.6 Å². The summed E-state index contributed by atoms with van der Waals surface area (Å²) in [5.74, 6) is 0.903. The third-order valence-electron chi connectivity index (χ3n) is 5.26. The van der Waals surface area contributed by atoms with E-state index in [-0.39, 0.29) is 18.4 Å². The summed E-state index contributed by atoms with van der Waals surface area (Å²) in [6.45, 7) is 6.62. The molecule has 0 radical (unpaired) electrons. The van der Waals surface area contributed by atoms with Crippen LogP contribution in [-0.4, -0.2) is 43.0 Å². The number of hydrogen-bond acceptors (Lipinski definition) is 4. The maximum atomic E-state index is 13.1. The minimum Gasteiger partial charge on any atom is -0.497 e. The lowest BCUT2D eigenvalue weighted by Gasteiger charge is -2.29. The molecule has 0 heterocycles. The van der Waals surface area contributed by atoms with E-state index in [2.05, 4.69) is 35.1 Å². The number of carbonyl (C=O) groups is 2. The van der Waals surface area contributed by atoms with Gasteiger partial charge >= 0.3 is 0 Å². The monoisotopic (exact) mass is 504 g/mol. The molecule has 0 unspecified atom stereocenters. The van der Waals surface area contributed by atoms with Crippen LogP contribution in [0, 0.1) is 0 Å². The average Bonchev–Trinajstić information content (AvgIpc) is 2.81. The Morgan fingerprint density at radius 1 is 1.09 bits per heavy atom. The number of nitrogens with one attached hydrogen (secondary N) is 1. The number of amides is 2. The first-order chi connectivity index (χ1) is 15.4. The maximum absolute atomic E-state index is 13.1.